The van der Waals surface area contributed by atoms with Crippen LogP contribution in [0.2, 0.25) is 0 Å². The minimum absolute atomic E-state index is 0.0324. The van der Waals surface area contributed by atoms with Gasteiger partial charge in [0.2, 0.25) is 17.7 Å². The van der Waals surface area contributed by atoms with E-state index in [4.69, 9.17) is 16.6 Å². The van der Waals surface area contributed by atoms with Gasteiger partial charge in [-0.25, -0.2) is 0 Å². The monoisotopic (exact) mass is 888 g/mol. The van der Waals surface area contributed by atoms with Crippen molar-refractivity contribution in [3.05, 3.63) is 35.9 Å². The van der Waals surface area contributed by atoms with Crippen LogP contribution in [-0.4, -0.2) is 103 Å². The third-order valence-corrected chi connectivity index (χ3v) is 11.1. The largest absolute Gasteiger partial charge is 0.481 e. The Bertz CT molecular complexity index is 1750. The van der Waals surface area contributed by atoms with Gasteiger partial charge in [0.05, 0.1) is 36.6 Å². The van der Waals surface area contributed by atoms with Gasteiger partial charge in [-0.1, -0.05) is 71.9 Å². The molecule has 352 valence electrons. The van der Waals surface area contributed by atoms with Crippen LogP contribution in [0.4, 0.5) is 0 Å². The first-order valence-corrected chi connectivity index (χ1v) is 21.5. The van der Waals surface area contributed by atoms with E-state index in [1.807, 2.05) is 13.8 Å². The minimum Gasteiger partial charge on any atom is -0.481 e. The van der Waals surface area contributed by atoms with Crippen LogP contribution in [-0.2, 0) is 54.4 Å². The van der Waals surface area contributed by atoms with E-state index in [9.17, 15) is 63.3 Å². The predicted octanol–water partition coefficient (Wildman–Crippen LogP) is 2.63. The number of amides is 3. The predicted molar refractivity (Wildman–Crippen MR) is 229 cm³/mol. The van der Waals surface area contributed by atoms with Gasteiger partial charge in [-0.3, -0.25) is 47.9 Å². The standard InChI is InChI=1S/C45H68N4O14/c1-24(2)16-29(20-39(54)34(23-40(47)55)49-44(61)31(25(3)4)22-37(52)32(46)12-14-41(56)57)36(51)17-26(5)35(50)18-27(6)43(60)48-33(13-15-42(58)59)38(53)21-30(45(62)63)19-28-10-8-7-9-11-28/h7-11,24-27,29-34,36,51H,12-23,46H2,1-6H3,(H2,47,55)(H,48,60)(H,49,61)(H,56,57)(H,58,59)(H,62,63)/t26-,27-,29-,30-,31+,32+,33+,34+,36+/m1/s1. The number of nitrogens with one attached hydrogen (secondary N) is 2. The molecule has 0 unspecified atom stereocenters. The molecule has 0 aliphatic rings. The van der Waals surface area contributed by atoms with Gasteiger partial charge in [0.1, 0.15) is 11.6 Å². The Labute approximate surface area is 368 Å². The lowest BCUT2D eigenvalue weighted by Gasteiger charge is -2.29. The van der Waals surface area contributed by atoms with E-state index in [0.717, 1.165) is 0 Å². The number of hydrogen-bond acceptors (Lipinski definition) is 12. The number of primary amides is 1. The van der Waals surface area contributed by atoms with E-state index in [2.05, 4.69) is 10.6 Å². The van der Waals surface area contributed by atoms with Crippen LogP contribution in [0.1, 0.15) is 118 Å². The number of carbonyl (C=O) groups excluding carboxylic acids is 7. The molecule has 1 aromatic rings. The molecule has 0 fully saturated rings. The summed E-state index contributed by atoms with van der Waals surface area (Å²) in [4.78, 5) is 126. The van der Waals surface area contributed by atoms with Gasteiger partial charge < -0.3 is 42.5 Å². The van der Waals surface area contributed by atoms with Gasteiger partial charge in [-0.15, -0.1) is 0 Å². The molecule has 0 heterocycles. The van der Waals surface area contributed by atoms with E-state index < -0.39 is 138 Å². The SMILES string of the molecule is CC(C)C[C@H](CC(=O)[C@H](CC(N)=O)NC(=O)[C@@H](CC(=O)[C@@H](N)CCC(=O)O)C(C)C)[C@@H](O)C[C@@H](C)C(=O)C[C@@H](C)C(=O)N[C@@H](CCC(=O)O)C(=O)C[C@@H](Cc1ccccc1)C(=O)O. The third kappa shape index (κ3) is 21.5. The maximum Gasteiger partial charge on any atom is 0.307 e. The Morgan fingerprint density at radius 1 is 0.619 bits per heavy atom. The molecule has 1 rings (SSSR count). The van der Waals surface area contributed by atoms with E-state index >= 15 is 0 Å². The normalized spacial score (nSPS) is 15.7. The van der Waals surface area contributed by atoms with Crippen LogP contribution in [0, 0.1) is 41.4 Å². The molecule has 9 atom stereocenters. The summed E-state index contributed by atoms with van der Waals surface area (Å²) in [6.45, 7) is 10.0. The molecule has 0 spiro atoms. The van der Waals surface area contributed by atoms with E-state index in [1.165, 1.54) is 6.92 Å². The molecule has 0 aliphatic carbocycles. The van der Waals surface area contributed by atoms with Crippen molar-refractivity contribution in [2.45, 2.75) is 143 Å². The number of aliphatic carboxylic acids is 3. The highest BCUT2D eigenvalue weighted by atomic mass is 16.4. The van der Waals surface area contributed by atoms with E-state index in [1.54, 1.807) is 51.1 Å². The maximum absolute atomic E-state index is 13.7. The zero-order valence-electron chi connectivity index (χ0n) is 37.2. The van der Waals surface area contributed by atoms with Crippen LogP contribution in [0.25, 0.3) is 0 Å². The number of Topliss-reactive ketones (excluding diaryl/α,β-unsaturated/α-hetero) is 4. The summed E-state index contributed by atoms with van der Waals surface area (Å²) in [6, 6.07) is 4.77. The number of aliphatic hydroxyl groups excluding tert-OH is 1. The fraction of sp³-hybridized carbons (Fsp3) is 0.644. The van der Waals surface area contributed by atoms with Gasteiger partial charge in [0.15, 0.2) is 11.6 Å². The fourth-order valence-electron chi connectivity index (χ4n) is 7.25. The molecule has 0 aliphatic heterocycles. The zero-order valence-corrected chi connectivity index (χ0v) is 37.2. The smallest absolute Gasteiger partial charge is 0.307 e. The highest BCUT2D eigenvalue weighted by Gasteiger charge is 2.35. The van der Waals surface area contributed by atoms with Crippen LogP contribution < -0.4 is 22.1 Å². The quantitative estimate of drug-likeness (QED) is 0.0503. The second-order valence-corrected chi connectivity index (χ2v) is 17.5. The summed E-state index contributed by atoms with van der Waals surface area (Å²) in [5.74, 6) is -13.4. The second kappa shape index (κ2) is 27.6. The molecule has 0 saturated heterocycles. The second-order valence-electron chi connectivity index (χ2n) is 17.5. The number of ketones is 4. The molecular formula is C45H68N4O14. The van der Waals surface area contributed by atoms with Gasteiger partial charge in [0, 0.05) is 56.3 Å². The van der Waals surface area contributed by atoms with Crippen LogP contribution >= 0.6 is 0 Å². The van der Waals surface area contributed by atoms with E-state index in [-0.39, 0.29) is 57.3 Å². The van der Waals surface area contributed by atoms with Crippen LogP contribution in [0.5, 0.6) is 0 Å². The molecule has 0 aromatic heterocycles. The number of carboxylic acids is 3. The number of carbonyl (C=O) groups is 10. The van der Waals surface area contributed by atoms with Crippen molar-refractivity contribution in [1.82, 2.24) is 10.6 Å². The van der Waals surface area contributed by atoms with E-state index in [0.29, 0.717) is 12.0 Å². The average Bonchev–Trinajstić information content (AvgIpc) is 3.18. The summed E-state index contributed by atoms with van der Waals surface area (Å²) in [5.41, 5.74) is 12.0. The fourth-order valence-corrected chi connectivity index (χ4v) is 7.25. The number of hydrogen-bond donors (Lipinski definition) is 8. The Morgan fingerprint density at radius 3 is 1.70 bits per heavy atom. The molecule has 63 heavy (non-hydrogen) atoms. The van der Waals surface area contributed by atoms with Gasteiger partial charge in [0.25, 0.3) is 0 Å². The summed E-state index contributed by atoms with van der Waals surface area (Å²) in [7, 11) is 0. The molecule has 18 heteroatoms. The van der Waals surface area contributed by atoms with Crippen molar-refractivity contribution in [2.24, 2.45) is 52.9 Å². The summed E-state index contributed by atoms with van der Waals surface area (Å²) in [6.07, 6.45) is -4.30. The van der Waals surface area contributed by atoms with Crippen molar-refractivity contribution in [3.63, 3.8) is 0 Å². The Balaban J connectivity index is 3.07. The first kappa shape index (κ1) is 55.7. The first-order valence-electron chi connectivity index (χ1n) is 21.5. The number of aliphatic hydroxyl groups is 1. The maximum atomic E-state index is 13.7. The van der Waals surface area contributed by atoms with Crippen LogP contribution in [0.3, 0.4) is 0 Å². The average molecular weight is 889 g/mol. The zero-order chi connectivity index (χ0) is 48.1. The number of nitrogens with two attached hydrogens (primary N) is 2. The lowest BCUT2D eigenvalue weighted by molar-refractivity contribution is -0.144. The highest BCUT2D eigenvalue weighted by molar-refractivity contribution is 5.96. The molecule has 0 radical (unpaired) electrons. The summed E-state index contributed by atoms with van der Waals surface area (Å²) in [5, 5.41) is 44.5. The molecule has 3 amide bonds. The van der Waals surface area contributed by atoms with Crippen molar-refractivity contribution < 1.29 is 68.4 Å². The molecule has 18 nitrogen and oxygen atoms in total. The van der Waals surface area contributed by atoms with Crippen molar-refractivity contribution in [3.8, 4) is 0 Å². The number of carboxylic acid groups (broad SMARTS) is 3. The molecular weight excluding hydrogens is 821 g/mol. The first-order chi connectivity index (χ1) is 29.3. The molecule has 1 aromatic carbocycles. The lowest BCUT2D eigenvalue weighted by Crippen LogP contribution is -2.48. The summed E-state index contributed by atoms with van der Waals surface area (Å²) < 4.78 is 0. The molecule has 0 saturated carbocycles. The van der Waals surface area contributed by atoms with Gasteiger partial charge in [-0.05, 0) is 55.4 Å². The molecule has 0 bridgehead atoms. The van der Waals surface area contributed by atoms with Crippen molar-refractivity contribution >= 4 is 58.8 Å². The lowest BCUT2D eigenvalue weighted by atomic mass is 9.81. The Kier molecular flexibility index (Phi) is 24.4. The highest BCUT2D eigenvalue weighted by Crippen LogP contribution is 2.27. The van der Waals surface area contributed by atoms with Crippen molar-refractivity contribution in [1.29, 1.82) is 0 Å². The van der Waals surface area contributed by atoms with Gasteiger partial charge >= 0.3 is 17.9 Å². The van der Waals surface area contributed by atoms with Gasteiger partial charge in [-0.2, -0.15) is 0 Å². The Morgan fingerprint density at radius 2 is 1.17 bits per heavy atom. The topological polar surface area (TPSA) is 328 Å². The van der Waals surface area contributed by atoms with Crippen LogP contribution in [0.15, 0.2) is 30.3 Å². The molecule has 10 N–H and O–H groups in total. The minimum atomic E-state index is -1.41. The Hall–Kier alpha value is -5.36. The number of rotatable bonds is 33. The van der Waals surface area contributed by atoms with Crippen molar-refractivity contribution in [2.75, 3.05) is 0 Å². The summed E-state index contributed by atoms with van der Waals surface area (Å²) >= 11 is 0. The third-order valence-electron chi connectivity index (χ3n) is 11.1. The number of benzene rings is 1.